The molecule has 1 aromatic rings. The van der Waals surface area contributed by atoms with Crippen molar-refractivity contribution in [3.8, 4) is 0 Å². The standard InChI is InChI=1S/C13H9F13N.HI/c14-8(15,4-7-27-5-2-1-3-6-27)9(16,17)10(18,19)11(20,21)12(22,23)13(24,25)26;/h1-3,5-6H,4,7H2;1H/q+1;/p-1. The molecule has 0 aliphatic rings. The van der Waals surface area contributed by atoms with Gasteiger partial charge in [0.2, 0.25) is 0 Å². The molecule has 0 aromatic carbocycles. The summed E-state index contributed by atoms with van der Waals surface area (Å²) in [6.07, 6.45) is -7.65. The Kier molecular flexibility index (Phi) is 7.71. The second-order valence-electron chi connectivity index (χ2n) is 5.36. The predicted molar refractivity (Wildman–Crippen MR) is 62.0 cm³/mol. The average Bonchev–Trinajstić information content (AvgIpc) is 2.52. The molecule has 1 heterocycles. The fourth-order valence-corrected chi connectivity index (χ4v) is 1.81. The van der Waals surface area contributed by atoms with Crippen molar-refractivity contribution < 1.29 is 85.6 Å². The smallest absolute Gasteiger partial charge is 0.460 e. The summed E-state index contributed by atoms with van der Waals surface area (Å²) in [5, 5.41) is 0. The molecule has 0 unspecified atom stereocenters. The van der Waals surface area contributed by atoms with Gasteiger partial charge in [-0.25, -0.2) is 4.57 Å². The molecule has 0 amide bonds. The van der Waals surface area contributed by atoms with Crippen LogP contribution in [0.15, 0.2) is 30.6 Å². The summed E-state index contributed by atoms with van der Waals surface area (Å²) in [6.45, 7) is -1.15. The SMILES string of the molecule is FC(F)(F)C(F)(F)C(F)(F)C(F)(F)C(F)(F)C(F)(F)CC[n+]1ccccc1.[I-]. The molecule has 0 atom stereocenters. The molecule has 1 rings (SSSR count). The van der Waals surface area contributed by atoms with Crippen LogP contribution < -0.4 is 28.5 Å². The van der Waals surface area contributed by atoms with E-state index in [0.717, 1.165) is 17.0 Å². The highest BCUT2D eigenvalue weighted by molar-refractivity contribution is 5.10. The van der Waals surface area contributed by atoms with E-state index >= 15 is 0 Å². The molecule has 0 aliphatic carbocycles. The van der Waals surface area contributed by atoms with Crippen LogP contribution in [0, 0.1) is 0 Å². The van der Waals surface area contributed by atoms with E-state index in [-0.39, 0.29) is 24.0 Å². The van der Waals surface area contributed by atoms with Crippen LogP contribution in [0.2, 0.25) is 0 Å². The molecule has 15 heteroatoms. The van der Waals surface area contributed by atoms with Crippen LogP contribution in [0.4, 0.5) is 57.1 Å². The Hall–Kier alpha value is -1.03. The summed E-state index contributed by atoms with van der Waals surface area (Å²) in [5.74, 6) is -36.6. The molecule has 0 fully saturated rings. The number of pyridine rings is 1. The van der Waals surface area contributed by atoms with E-state index in [4.69, 9.17) is 0 Å². The third kappa shape index (κ3) is 4.27. The molecule has 0 spiro atoms. The van der Waals surface area contributed by atoms with Crippen LogP contribution in [0.3, 0.4) is 0 Å². The van der Waals surface area contributed by atoms with Crippen molar-refractivity contribution in [2.24, 2.45) is 0 Å². The first kappa shape index (κ1) is 27.0. The quantitative estimate of drug-likeness (QED) is 0.277. The fourth-order valence-electron chi connectivity index (χ4n) is 1.81. The summed E-state index contributed by atoms with van der Waals surface area (Å²) >= 11 is 0. The fraction of sp³-hybridized carbons (Fsp3) is 0.615. The topological polar surface area (TPSA) is 3.88 Å². The van der Waals surface area contributed by atoms with E-state index in [1.54, 1.807) is 0 Å². The monoisotopic (exact) mass is 553 g/mol. The minimum absolute atomic E-state index is 0. The molecule has 164 valence electrons. The number of hydrogen-bond acceptors (Lipinski definition) is 0. The maximum Gasteiger partial charge on any atom is 0.460 e. The van der Waals surface area contributed by atoms with Crippen molar-refractivity contribution in [2.45, 2.75) is 48.8 Å². The Labute approximate surface area is 165 Å². The van der Waals surface area contributed by atoms with E-state index < -0.39 is 48.8 Å². The molecular weight excluding hydrogens is 544 g/mol. The van der Waals surface area contributed by atoms with Gasteiger partial charge in [0.05, 0.1) is 6.42 Å². The molecule has 0 N–H and O–H groups in total. The highest BCUT2D eigenvalue weighted by Gasteiger charge is 2.90. The van der Waals surface area contributed by atoms with E-state index in [0.29, 0.717) is 0 Å². The van der Waals surface area contributed by atoms with Gasteiger partial charge >= 0.3 is 35.8 Å². The van der Waals surface area contributed by atoms with E-state index in [1.165, 1.54) is 18.2 Å². The highest BCUT2D eigenvalue weighted by Crippen LogP contribution is 2.60. The van der Waals surface area contributed by atoms with E-state index in [2.05, 4.69) is 0 Å². The lowest BCUT2D eigenvalue weighted by atomic mass is 9.92. The zero-order valence-electron chi connectivity index (χ0n) is 13.0. The molecule has 0 saturated heterocycles. The number of nitrogens with zero attached hydrogens (tertiary/aromatic N) is 1. The molecule has 0 bridgehead atoms. The second kappa shape index (κ2) is 8.01. The normalized spacial score (nSPS) is 14.6. The Morgan fingerprint density at radius 2 is 0.929 bits per heavy atom. The number of aromatic nitrogens is 1. The first-order valence-electron chi connectivity index (χ1n) is 6.73. The van der Waals surface area contributed by atoms with Crippen molar-refractivity contribution in [1.29, 1.82) is 0 Å². The van der Waals surface area contributed by atoms with Gasteiger partial charge in [-0.3, -0.25) is 0 Å². The summed E-state index contributed by atoms with van der Waals surface area (Å²) in [5.41, 5.74) is 0. The summed E-state index contributed by atoms with van der Waals surface area (Å²) in [6, 6.07) is 3.74. The van der Waals surface area contributed by atoms with Crippen LogP contribution in [0.25, 0.3) is 0 Å². The molecule has 1 nitrogen and oxygen atoms in total. The van der Waals surface area contributed by atoms with Gasteiger partial charge in [0, 0.05) is 12.1 Å². The first-order valence-corrected chi connectivity index (χ1v) is 6.73. The Bertz CT molecular complexity index is 642. The number of hydrogen-bond donors (Lipinski definition) is 0. The third-order valence-corrected chi connectivity index (χ3v) is 3.46. The third-order valence-electron chi connectivity index (χ3n) is 3.46. The second-order valence-corrected chi connectivity index (χ2v) is 5.36. The summed E-state index contributed by atoms with van der Waals surface area (Å²) in [4.78, 5) is 0. The first-order chi connectivity index (χ1) is 11.8. The van der Waals surface area contributed by atoms with Crippen LogP contribution in [-0.4, -0.2) is 35.8 Å². The van der Waals surface area contributed by atoms with Crippen molar-refractivity contribution in [3.63, 3.8) is 0 Å². The Morgan fingerprint density at radius 1 is 0.536 bits per heavy atom. The van der Waals surface area contributed by atoms with Gasteiger partial charge in [-0.05, 0) is 0 Å². The lowest BCUT2D eigenvalue weighted by molar-refractivity contribution is -0.700. The van der Waals surface area contributed by atoms with Crippen LogP contribution in [-0.2, 0) is 6.54 Å². The number of aryl methyl sites for hydroxylation is 1. The Balaban J connectivity index is 0.00000729. The van der Waals surface area contributed by atoms with Gasteiger partial charge in [-0.2, -0.15) is 57.1 Å². The van der Waals surface area contributed by atoms with Gasteiger partial charge in [0.15, 0.2) is 18.9 Å². The molecule has 0 aliphatic heterocycles. The molecule has 0 saturated carbocycles. The summed E-state index contributed by atoms with van der Waals surface area (Å²) < 4.78 is 168. The minimum Gasteiger partial charge on any atom is -1.00 e. The number of alkyl halides is 13. The van der Waals surface area contributed by atoms with Gasteiger partial charge in [0.1, 0.15) is 0 Å². The van der Waals surface area contributed by atoms with Gasteiger partial charge in [-0.15, -0.1) is 0 Å². The van der Waals surface area contributed by atoms with Crippen molar-refractivity contribution >= 4 is 0 Å². The predicted octanol–water partition coefficient (Wildman–Crippen LogP) is 2.11. The molecule has 0 radical (unpaired) electrons. The van der Waals surface area contributed by atoms with Gasteiger partial charge in [0.25, 0.3) is 0 Å². The van der Waals surface area contributed by atoms with Crippen molar-refractivity contribution in [2.75, 3.05) is 0 Å². The molecule has 28 heavy (non-hydrogen) atoms. The minimum atomic E-state index is -7.86. The Morgan fingerprint density at radius 3 is 1.32 bits per heavy atom. The number of halogens is 14. The van der Waals surface area contributed by atoms with Crippen molar-refractivity contribution in [3.05, 3.63) is 30.6 Å². The van der Waals surface area contributed by atoms with Crippen LogP contribution >= 0.6 is 0 Å². The molecule has 1 aromatic heterocycles. The zero-order valence-corrected chi connectivity index (χ0v) is 15.2. The maximum absolute atomic E-state index is 13.5. The summed E-state index contributed by atoms with van der Waals surface area (Å²) in [7, 11) is 0. The van der Waals surface area contributed by atoms with Crippen molar-refractivity contribution in [1.82, 2.24) is 0 Å². The van der Waals surface area contributed by atoms with E-state index in [1.807, 2.05) is 0 Å². The lowest BCUT2D eigenvalue weighted by Gasteiger charge is -2.39. The average molecular weight is 553 g/mol. The lowest BCUT2D eigenvalue weighted by Crippen LogP contribution is -3.00. The van der Waals surface area contributed by atoms with Gasteiger partial charge in [-0.1, -0.05) is 6.07 Å². The van der Waals surface area contributed by atoms with E-state index in [9.17, 15) is 57.1 Å². The number of rotatable bonds is 7. The van der Waals surface area contributed by atoms with Crippen LogP contribution in [0.5, 0.6) is 0 Å². The largest absolute Gasteiger partial charge is 1.00 e. The zero-order chi connectivity index (χ0) is 21.5. The van der Waals surface area contributed by atoms with Gasteiger partial charge < -0.3 is 24.0 Å². The molecular formula is C13H9F13IN. The highest BCUT2D eigenvalue weighted by atomic mass is 127. The van der Waals surface area contributed by atoms with Crippen LogP contribution in [0.1, 0.15) is 6.42 Å². The maximum atomic E-state index is 13.5.